The molecule has 108 valence electrons. The highest BCUT2D eigenvalue weighted by molar-refractivity contribution is 7.84. The van der Waals surface area contributed by atoms with Crippen LogP contribution in [0.2, 0.25) is 0 Å². The second-order valence-corrected chi connectivity index (χ2v) is 6.07. The zero-order chi connectivity index (χ0) is 14.5. The highest BCUT2D eigenvalue weighted by Gasteiger charge is 2.41. The standard InChI is InChI=1S/C13H18F3NOS/c1-10(8-9-19(2)18)17-12(13(14,15)16)11-6-4-3-5-7-11/h3-7,10,12,17H,8-9H2,1-2H3. The van der Waals surface area contributed by atoms with Crippen LogP contribution in [-0.4, -0.2) is 28.4 Å². The summed E-state index contributed by atoms with van der Waals surface area (Å²) in [6, 6.07) is 5.72. The molecule has 0 saturated heterocycles. The summed E-state index contributed by atoms with van der Waals surface area (Å²) in [6.07, 6.45) is -2.35. The van der Waals surface area contributed by atoms with E-state index in [-0.39, 0.29) is 11.6 Å². The Balaban J connectivity index is 2.74. The molecule has 0 aliphatic heterocycles. The molecule has 2 nitrogen and oxygen atoms in total. The van der Waals surface area contributed by atoms with Crippen molar-refractivity contribution < 1.29 is 17.4 Å². The molecule has 1 rings (SSSR count). The Morgan fingerprint density at radius 3 is 2.32 bits per heavy atom. The van der Waals surface area contributed by atoms with Crippen molar-refractivity contribution >= 4 is 10.8 Å². The lowest BCUT2D eigenvalue weighted by Crippen LogP contribution is -2.39. The van der Waals surface area contributed by atoms with Gasteiger partial charge in [-0.05, 0) is 18.9 Å². The zero-order valence-corrected chi connectivity index (χ0v) is 11.7. The first-order chi connectivity index (χ1) is 8.80. The van der Waals surface area contributed by atoms with Crippen LogP contribution < -0.4 is 5.32 Å². The van der Waals surface area contributed by atoms with Crippen LogP contribution in [0.1, 0.15) is 24.9 Å². The van der Waals surface area contributed by atoms with Crippen LogP contribution in [0.4, 0.5) is 13.2 Å². The maximum absolute atomic E-state index is 13.0. The van der Waals surface area contributed by atoms with Crippen LogP contribution in [0, 0.1) is 0 Å². The summed E-state index contributed by atoms with van der Waals surface area (Å²) in [6.45, 7) is 1.68. The third-order valence-electron chi connectivity index (χ3n) is 2.75. The van der Waals surface area contributed by atoms with E-state index in [9.17, 15) is 17.4 Å². The van der Waals surface area contributed by atoms with Gasteiger partial charge in [0.25, 0.3) is 0 Å². The van der Waals surface area contributed by atoms with Gasteiger partial charge in [-0.1, -0.05) is 30.3 Å². The summed E-state index contributed by atoms with van der Waals surface area (Å²) in [7, 11) is -0.988. The largest absolute Gasteiger partial charge is 0.407 e. The Morgan fingerprint density at radius 2 is 1.84 bits per heavy atom. The minimum Gasteiger partial charge on any atom is -0.300 e. The van der Waals surface area contributed by atoms with Crippen LogP contribution in [0.15, 0.2) is 30.3 Å². The van der Waals surface area contributed by atoms with Crippen molar-refractivity contribution in [2.75, 3.05) is 12.0 Å². The molecule has 0 spiro atoms. The number of halogens is 3. The molecule has 6 heteroatoms. The van der Waals surface area contributed by atoms with E-state index in [1.54, 1.807) is 31.4 Å². The maximum atomic E-state index is 13.0. The van der Waals surface area contributed by atoms with E-state index in [4.69, 9.17) is 0 Å². The Bertz CT molecular complexity index is 408. The van der Waals surface area contributed by atoms with Crippen molar-refractivity contribution in [2.24, 2.45) is 0 Å². The molecule has 0 aliphatic rings. The molecule has 0 heterocycles. The number of rotatable bonds is 6. The lowest BCUT2D eigenvalue weighted by Gasteiger charge is -2.25. The molecule has 0 saturated carbocycles. The van der Waals surface area contributed by atoms with Crippen LogP contribution in [-0.2, 0) is 10.8 Å². The van der Waals surface area contributed by atoms with E-state index >= 15 is 0 Å². The lowest BCUT2D eigenvalue weighted by atomic mass is 10.1. The molecule has 0 aromatic heterocycles. The van der Waals surface area contributed by atoms with Gasteiger partial charge in [-0.25, -0.2) is 0 Å². The van der Waals surface area contributed by atoms with E-state index in [0.29, 0.717) is 12.2 Å². The molecule has 1 aromatic carbocycles. The fourth-order valence-electron chi connectivity index (χ4n) is 1.74. The molecule has 19 heavy (non-hydrogen) atoms. The van der Waals surface area contributed by atoms with Gasteiger partial charge in [0.05, 0.1) is 0 Å². The van der Waals surface area contributed by atoms with Crippen LogP contribution >= 0.6 is 0 Å². The topological polar surface area (TPSA) is 29.1 Å². The van der Waals surface area contributed by atoms with Crippen molar-refractivity contribution in [3.05, 3.63) is 35.9 Å². The quantitative estimate of drug-likeness (QED) is 0.873. The Kier molecular flexibility index (Phi) is 6.00. The Labute approximate surface area is 113 Å². The van der Waals surface area contributed by atoms with Crippen LogP contribution in [0.25, 0.3) is 0 Å². The smallest absolute Gasteiger partial charge is 0.300 e. The Hall–Kier alpha value is -0.880. The van der Waals surface area contributed by atoms with Gasteiger partial charge in [0.2, 0.25) is 0 Å². The summed E-state index contributed by atoms with van der Waals surface area (Å²) in [5.41, 5.74) is 0.194. The van der Waals surface area contributed by atoms with E-state index in [1.807, 2.05) is 0 Å². The molecule has 0 fully saturated rings. The van der Waals surface area contributed by atoms with Gasteiger partial charge in [0, 0.05) is 28.9 Å². The second-order valence-electron chi connectivity index (χ2n) is 4.52. The minimum absolute atomic E-state index is 0.194. The zero-order valence-electron chi connectivity index (χ0n) is 10.9. The second kappa shape index (κ2) is 7.05. The third-order valence-corrected chi connectivity index (χ3v) is 3.56. The predicted molar refractivity (Wildman–Crippen MR) is 71.4 cm³/mol. The van der Waals surface area contributed by atoms with Crippen LogP contribution in [0.3, 0.4) is 0 Å². The SMILES string of the molecule is CC(CCS(C)=O)NC(c1ccccc1)C(F)(F)F. The number of hydrogen-bond acceptors (Lipinski definition) is 2. The van der Waals surface area contributed by atoms with Crippen molar-refractivity contribution in [1.82, 2.24) is 5.32 Å². The van der Waals surface area contributed by atoms with Gasteiger partial charge in [0.1, 0.15) is 6.04 Å². The summed E-state index contributed by atoms with van der Waals surface area (Å²) >= 11 is 0. The number of benzene rings is 1. The predicted octanol–water partition coefficient (Wildman–Crippen LogP) is 3.04. The Morgan fingerprint density at radius 1 is 1.26 bits per heavy atom. The van der Waals surface area contributed by atoms with E-state index < -0.39 is 23.0 Å². The molecule has 3 atom stereocenters. The average Bonchev–Trinajstić information content (AvgIpc) is 2.33. The van der Waals surface area contributed by atoms with Gasteiger partial charge in [-0.2, -0.15) is 13.2 Å². The first kappa shape index (κ1) is 16.2. The van der Waals surface area contributed by atoms with Crippen molar-refractivity contribution in [2.45, 2.75) is 31.6 Å². The van der Waals surface area contributed by atoms with Gasteiger partial charge < -0.3 is 0 Å². The molecule has 1 N–H and O–H groups in total. The number of hydrogen-bond donors (Lipinski definition) is 1. The first-order valence-corrected chi connectivity index (χ1v) is 7.71. The lowest BCUT2D eigenvalue weighted by molar-refractivity contribution is -0.159. The van der Waals surface area contributed by atoms with Gasteiger partial charge in [-0.15, -0.1) is 0 Å². The molecule has 0 amide bonds. The number of alkyl halides is 3. The van der Waals surface area contributed by atoms with Gasteiger partial charge in [0.15, 0.2) is 0 Å². The molecule has 0 radical (unpaired) electrons. The molecule has 1 aromatic rings. The minimum atomic E-state index is -4.35. The molecule has 3 unspecified atom stereocenters. The molecular formula is C13H18F3NOS. The summed E-state index contributed by atoms with van der Waals surface area (Å²) in [5.74, 6) is 0.396. The van der Waals surface area contributed by atoms with Crippen molar-refractivity contribution in [3.8, 4) is 0 Å². The van der Waals surface area contributed by atoms with E-state index in [2.05, 4.69) is 5.32 Å². The normalized spacial score (nSPS) is 16.9. The van der Waals surface area contributed by atoms with Crippen molar-refractivity contribution in [1.29, 1.82) is 0 Å². The summed E-state index contributed by atoms with van der Waals surface area (Å²) < 4.78 is 50.1. The fraction of sp³-hybridized carbons (Fsp3) is 0.538. The summed E-state index contributed by atoms with van der Waals surface area (Å²) in [4.78, 5) is 0. The first-order valence-electron chi connectivity index (χ1n) is 5.98. The number of nitrogens with one attached hydrogen (secondary N) is 1. The highest BCUT2D eigenvalue weighted by Crippen LogP contribution is 2.33. The molecular weight excluding hydrogens is 275 g/mol. The van der Waals surface area contributed by atoms with Gasteiger partial charge in [-0.3, -0.25) is 9.53 Å². The van der Waals surface area contributed by atoms with Gasteiger partial charge >= 0.3 is 6.18 Å². The average molecular weight is 293 g/mol. The molecule has 0 bridgehead atoms. The molecule has 0 aliphatic carbocycles. The third kappa shape index (κ3) is 5.74. The van der Waals surface area contributed by atoms with E-state index in [1.165, 1.54) is 12.1 Å². The monoisotopic (exact) mass is 293 g/mol. The maximum Gasteiger partial charge on any atom is 0.407 e. The van der Waals surface area contributed by atoms with Crippen molar-refractivity contribution in [3.63, 3.8) is 0 Å². The van der Waals surface area contributed by atoms with Crippen LogP contribution in [0.5, 0.6) is 0 Å². The summed E-state index contributed by atoms with van der Waals surface area (Å²) in [5, 5.41) is 2.57. The highest BCUT2D eigenvalue weighted by atomic mass is 32.2. The fourth-order valence-corrected chi connectivity index (χ4v) is 2.42. The van der Waals surface area contributed by atoms with E-state index in [0.717, 1.165) is 0 Å².